The van der Waals surface area contributed by atoms with Crippen molar-refractivity contribution in [2.45, 2.75) is 46.3 Å². The van der Waals surface area contributed by atoms with Crippen LogP contribution < -0.4 is 11.1 Å². The van der Waals surface area contributed by atoms with E-state index in [9.17, 15) is 4.79 Å². The van der Waals surface area contributed by atoms with E-state index in [1.807, 2.05) is 32.9 Å². The van der Waals surface area contributed by atoms with Gasteiger partial charge >= 0.3 is 5.97 Å². The molecule has 0 aliphatic carbocycles. The number of nitrogens with one attached hydrogen (secondary N) is 1. The van der Waals surface area contributed by atoms with Crippen LogP contribution in [0.25, 0.3) is 0 Å². The van der Waals surface area contributed by atoms with E-state index in [-0.39, 0.29) is 18.1 Å². The average Bonchev–Trinajstić information content (AvgIpc) is 2.79. The number of anilines is 1. The second kappa shape index (κ2) is 5.44. The largest absolute Gasteiger partial charge is 0.455 e. The Morgan fingerprint density at radius 3 is 2.80 bits per heavy atom. The van der Waals surface area contributed by atoms with Crippen LogP contribution in [0.1, 0.15) is 57.4 Å². The van der Waals surface area contributed by atoms with Crippen LogP contribution in [-0.2, 0) is 9.53 Å². The van der Waals surface area contributed by atoms with Crippen molar-refractivity contribution >= 4 is 11.7 Å². The molecule has 0 fully saturated rings. The van der Waals surface area contributed by atoms with E-state index in [1.54, 1.807) is 0 Å². The number of benzene rings is 1. The second-order valence-electron chi connectivity index (χ2n) is 6.39. The first kappa shape index (κ1) is 14.9. The summed E-state index contributed by atoms with van der Waals surface area (Å²) in [5.74, 6) is -0.178. The lowest BCUT2D eigenvalue weighted by molar-refractivity contribution is -0.158. The van der Waals surface area contributed by atoms with Gasteiger partial charge in [-0.1, -0.05) is 13.0 Å². The zero-order valence-corrected chi connectivity index (χ0v) is 12.7. The van der Waals surface area contributed by atoms with E-state index in [0.717, 1.165) is 23.2 Å². The number of nitrogens with two attached hydrogens (primary N) is 1. The van der Waals surface area contributed by atoms with Crippen LogP contribution >= 0.6 is 0 Å². The molecular weight excluding hydrogens is 252 g/mol. The van der Waals surface area contributed by atoms with Gasteiger partial charge in [-0.25, -0.2) is 0 Å². The number of fused-ring (bicyclic) bond motifs is 1. The highest BCUT2D eigenvalue weighted by Crippen LogP contribution is 2.35. The number of hydrogen-bond acceptors (Lipinski definition) is 4. The minimum atomic E-state index is -0.486. The topological polar surface area (TPSA) is 64.3 Å². The van der Waals surface area contributed by atoms with Gasteiger partial charge in [0.2, 0.25) is 0 Å². The van der Waals surface area contributed by atoms with Crippen LogP contribution in [0.5, 0.6) is 0 Å². The smallest absolute Gasteiger partial charge is 0.311 e. The van der Waals surface area contributed by atoms with Crippen LogP contribution in [-0.4, -0.2) is 12.5 Å². The first-order valence-corrected chi connectivity index (χ1v) is 7.17. The predicted molar refractivity (Wildman–Crippen MR) is 80.4 cm³/mol. The molecule has 0 saturated carbocycles. The lowest BCUT2D eigenvalue weighted by atomic mass is 9.97. The molecule has 4 heteroatoms. The van der Waals surface area contributed by atoms with Gasteiger partial charge in [0.15, 0.2) is 0 Å². The Bertz CT molecular complexity index is 506. The zero-order chi connectivity index (χ0) is 14.9. The Morgan fingerprint density at radius 2 is 2.20 bits per heavy atom. The average molecular weight is 276 g/mol. The van der Waals surface area contributed by atoms with Crippen LogP contribution in [0.15, 0.2) is 18.2 Å². The van der Waals surface area contributed by atoms with Gasteiger partial charge in [0.25, 0.3) is 0 Å². The van der Waals surface area contributed by atoms with Gasteiger partial charge < -0.3 is 15.8 Å². The minimum Gasteiger partial charge on any atom is -0.455 e. The quantitative estimate of drug-likeness (QED) is 0.832. The minimum absolute atomic E-state index is 0.0277. The van der Waals surface area contributed by atoms with Crippen molar-refractivity contribution in [3.63, 3.8) is 0 Å². The molecule has 1 aromatic carbocycles. The van der Waals surface area contributed by atoms with Crippen LogP contribution in [0, 0.1) is 5.41 Å². The Balaban J connectivity index is 2.21. The predicted octanol–water partition coefficient (Wildman–Crippen LogP) is 3.15. The number of hydrogen-bond donors (Lipinski definition) is 2. The molecule has 1 aliphatic rings. The molecule has 0 saturated heterocycles. The Labute approximate surface area is 120 Å². The number of esters is 1. The fourth-order valence-electron chi connectivity index (χ4n) is 2.20. The van der Waals surface area contributed by atoms with Crippen molar-refractivity contribution < 1.29 is 9.53 Å². The van der Waals surface area contributed by atoms with Gasteiger partial charge in [0.1, 0.15) is 6.10 Å². The molecule has 1 aromatic rings. The SMILES string of the molecule is CCC(N)c1ccc2c(c1)C(OC(=O)C(C)(C)C)CN2. The summed E-state index contributed by atoms with van der Waals surface area (Å²) in [7, 11) is 0. The van der Waals surface area contributed by atoms with E-state index in [2.05, 4.69) is 18.3 Å². The Morgan fingerprint density at radius 1 is 1.50 bits per heavy atom. The molecule has 2 rings (SSSR count). The highest BCUT2D eigenvalue weighted by molar-refractivity contribution is 5.76. The third kappa shape index (κ3) is 2.96. The highest BCUT2D eigenvalue weighted by Gasteiger charge is 2.31. The normalized spacial score (nSPS) is 19.1. The molecule has 1 heterocycles. The molecule has 0 aromatic heterocycles. The molecule has 0 radical (unpaired) electrons. The van der Waals surface area contributed by atoms with Crippen LogP contribution in [0.4, 0.5) is 5.69 Å². The first-order valence-electron chi connectivity index (χ1n) is 7.17. The van der Waals surface area contributed by atoms with Gasteiger partial charge in [0, 0.05) is 17.3 Å². The summed E-state index contributed by atoms with van der Waals surface area (Å²) < 4.78 is 5.63. The number of ether oxygens (including phenoxy) is 1. The van der Waals surface area contributed by atoms with Crippen molar-refractivity contribution in [3.8, 4) is 0 Å². The number of rotatable bonds is 3. The summed E-state index contributed by atoms with van der Waals surface area (Å²) in [5, 5.41) is 3.27. The van der Waals surface area contributed by atoms with E-state index in [1.165, 1.54) is 0 Å². The monoisotopic (exact) mass is 276 g/mol. The molecule has 1 aliphatic heterocycles. The van der Waals surface area contributed by atoms with E-state index in [4.69, 9.17) is 10.5 Å². The molecule has 0 bridgehead atoms. The van der Waals surface area contributed by atoms with Gasteiger partial charge in [-0.15, -0.1) is 0 Å². The Hall–Kier alpha value is -1.55. The van der Waals surface area contributed by atoms with Crippen LogP contribution in [0.2, 0.25) is 0 Å². The lowest BCUT2D eigenvalue weighted by Crippen LogP contribution is -2.25. The summed E-state index contributed by atoms with van der Waals surface area (Å²) in [6.07, 6.45) is 0.666. The molecule has 3 N–H and O–H groups in total. The molecule has 2 atom stereocenters. The molecule has 0 amide bonds. The first-order chi connectivity index (χ1) is 9.32. The zero-order valence-electron chi connectivity index (χ0n) is 12.7. The van der Waals surface area contributed by atoms with E-state index in [0.29, 0.717) is 6.54 Å². The summed E-state index contributed by atoms with van der Waals surface area (Å²) >= 11 is 0. The molecule has 0 spiro atoms. The summed E-state index contributed by atoms with van der Waals surface area (Å²) in [6.45, 7) is 8.28. The maximum atomic E-state index is 12.0. The third-order valence-electron chi connectivity index (χ3n) is 3.63. The summed E-state index contributed by atoms with van der Waals surface area (Å²) in [6, 6.07) is 6.14. The number of carbonyl (C=O) groups excluding carboxylic acids is 1. The fourth-order valence-corrected chi connectivity index (χ4v) is 2.20. The van der Waals surface area contributed by atoms with Gasteiger partial charge in [0.05, 0.1) is 12.0 Å². The number of carbonyl (C=O) groups is 1. The molecule has 110 valence electrons. The maximum absolute atomic E-state index is 12.0. The summed E-state index contributed by atoms with van der Waals surface area (Å²) in [5.41, 5.74) is 8.74. The van der Waals surface area contributed by atoms with Crippen LogP contribution in [0.3, 0.4) is 0 Å². The maximum Gasteiger partial charge on any atom is 0.311 e. The van der Waals surface area contributed by atoms with Crippen molar-refractivity contribution in [2.24, 2.45) is 11.1 Å². The van der Waals surface area contributed by atoms with Crippen molar-refractivity contribution in [1.82, 2.24) is 0 Å². The molecule has 20 heavy (non-hydrogen) atoms. The second-order valence-corrected chi connectivity index (χ2v) is 6.39. The van der Waals surface area contributed by atoms with Crippen molar-refractivity contribution in [3.05, 3.63) is 29.3 Å². The fraction of sp³-hybridized carbons (Fsp3) is 0.562. The Kier molecular flexibility index (Phi) is 4.04. The lowest BCUT2D eigenvalue weighted by Gasteiger charge is -2.21. The van der Waals surface area contributed by atoms with E-state index < -0.39 is 5.41 Å². The molecular formula is C16H24N2O2. The van der Waals surface area contributed by atoms with Gasteiger partial charge in [-0.2, -0.15) is 0 Å². The standard InChI is InChI=1S/C16H24N2O2/c1-5-12(17)10-6-7-13-11(8-10)14(9-18-13)20-15(19)16(2,3)4/h6-8,12,14,18H,5,9,17H2,1-4H3. The highest BCUT2D eigenvalue weighted by atomic mass is 16.5. The summed E-state index contributed by atoms with van der Waals surface area (Å²) in [4.78, 5) is 12.0. The third-order valence-corrected chi connectivity index (χ3v) is 3.63. The van der Waals surface area contributed by atoms with Gasteiger partial charge in [-0.3, -0.25) is 4.79 Å². The van der Waals surface area contributed by atoms with Crippen molar-refractivity contribution in [2.75, 3.05) is 11.9 Å². The van der Waals surface area contributed by atoms with Gasteiger partial charge in [-0.05, 0) is 44.9 Å². The van der Waals surface area contributed by atoms with Crippen molar-refractivity contribution in [1.29, 1.82) is 0 Å². The molecule has 2 unspecified atom stereocenters. The van der Waals surface area contributed by atoms with E-state index >= 15 is 0 Å². The molecule has 4 nitrogen and oxygen atoms in total.